The van der Waals surface area contributed by atoms with Crippen LogP contribution in [-0.4, -0.2) is 41.5 Å². The Labute approximate surface area is 154 Å². The lowest BCUT2D eigenvalue weighted by Gasteiger charge is -2.21. The van der Waals surface area contributed by atoms with Gasteiger partial charge in [-0.2, -0.15) is 0 Å². The Balaban J connectivity index is 1.71. The molecule has 0 aliphatic heterocycles. The molecule has 1 saturated carbocycles. The quantitative estimate of drug-likeness (QED) is 0.547. The summed E-state index contributed by atoms with van der Waals surface area (Å²) in [7, 11) is 1.32. The van der Waals surface area contributed by atoms with Crippen molar-refractivity contribution in [2.24, 2.45) is 5.92 Å². The number of methoxy groups -OCH3 is 1. The normalized spacial score (nSPS) is 16.2. The third kappa shape index (κ3) is 7.21. The molecule has 1 aliphatic carbocycles. The lowest BCUT2D eigenvalue weighted by atomic mass is 9.87. The standard InChI is InChI=1S/C19H28N4O3/c1-14(11-22-18(24)10-15-6-4-3-5-7-15)23-17-13-20-16(12-21-17)8-9-19(25)26-2/h8-9,12-15H,3-7,10-11H2,1-2H3,(H,21,23)(H,22,24)/t14-/m1/s1. The van der Waals surface area contributed by atoms with E-state index in [0.717, 1.165) is 0 Å². The van der Waals surface area contributed by atoms with Gasteiger partial charge in [0.05, 0.1) is 25.2 Å². The molecular weight excluding hydrogens is 332 g/mol. The van der Waals surface area contributed by atoms with Gasteiger partial charge < -0.3 is 15.4 Å². The Kier molecular flexibility index (Phi) is 8.05. The van der Waals surface area contributed by atoms with Crippen LogP contribution < -0.4 is 10.6 Å². The van der Waals surface area contributed by atoms with Crippen molar-refractivity contribution in [3.8, 4) is 0 Å². The number of hydrogen-bond donors (Lipinski definition) is 2. The van der Waals surface area contributed by atoms with Gasteiger partial charge in [0.2, 0.25) is 5.91 Å². The predicted molar refractivity (Wildman–Crippen MR) is 100 cm³/mol. The highest BCUT2D eigenvalue weighted by atomic mass is 16.5. The van der Waals surface area contributed by atoms with Crippen LogP contribution in [0.3, 0.4) is 0 Å². The van der Waals surface area contributed by atoms with Crippen LogP contribution in [0.5, 0.6) is 0 Å². The fourth-order valence-corrected chi connectivity index (χ4v) is 3.02. The SMILES string of the molecule is COC(=O)C=Cc1cnc(N[C@H](C)CNC(=O)CC2CCCCC2)cn1. The monoisotopic (exact) mass is 360 g/mol. The molecular formula is C19H28N4O3. The van der Waals surface area contributed by atoms with Crippen LogP contribution in [0.2, 0.25) is 0 Å². The Morgan fingerprint density at radius 3 is 2.69 bits per heavy atom. The van der Waals surface area contributed by atoms with Gasteiger partial charge in [0.15, 0.2) is 0 Å². The number of esters is 1. The summed E-state index contributed by atoms with van der Waals surface area (Å²) in [5.74, 6) is 0.851. The second-order valence-corrected chi connectivity index (χ2v) is 6.74. The summed E-state index contributed by atoms with van der Waals surface area (Å²) in [4.78, 5) is 31.6. The molecule has 7 heteroatoms. The summed E-state index contributed by atoms with van der Waals surface area (Å²) < 4.78 is 4.52. The van der Waals surface area contributed by atoms with Gasteiger partial charge in [0.1, 0.15) is 5.82 Å². The van der Waals surface area contributed by atoms with E-state index in [4.69, 9.17) is 0 Å². The summed E-state index contributed by atoms with van der Waals surface area (Å²) in [6.07, 6.45) is 12.8. The van der Waals surface area contributed by atoms with Crippen molar-refractivity contribution in [2.45, 2.75) is 51.5 Å². The van der Waals surface area contributed by atoms with E-state index in [9.17, 15) is 9.59 Å². The van der Waals surface area contributed by atoms with Crippen LogP contribution in [0.15, 0.2) is 18.5 Å². The first-order chi connectivity index (χ1) is 12.6. The largest absolute Gasteiger partial charge is 0.466 e. The topological polar surface area (TPSA) is 93.2 Å². The molecule has 1 amide bonds. The van der Waals surface area contributed by atoms with E-state index in [-0.39, 0.29) is 11.9 Å². The average molecular weight is 360 g/mol. The number of rotatable bonds is 8. The highest BCUT2D eigenvalue weighted by Crippen LogP contribution is 2.25. The van der Waals surface area contributed by atoms with E-state index in [1.807, 2.05) is 6.92 Å². The van der Waals surface area contributed by atoms with Gasteiger partial charge >= 0.3 is 5.97 Å². The lowest BCUT2D eigenvalue weighted by Crippen LogP contribution is -2.35. The van der Waals surface area contributed by atoms with Crippen molar-refractivity contribution in [1.82, 2.24) is 15.3 Å². The minimum atomic E-state index is -0.438. The fourth-order valence-electron chi connectivity index (χ4n) is 3.02. The minimum absolute atomic E-state index is 0.0380. The van der Waals surface area contributed by atoms with Crippen molar-refractivity contribution in [2.75, 3.05) is 19.0 Å². The molecule has 0 saturated heterocycles. The number of amides is 1. The highest BCUT2D eigenvalue weighted by molar-refractivity contribution is 5.86. The minimum Gasteiger partial charge on any atom is -0.466 e. The lowest BCUT2D eigenvalue weighted by molar-refractivity contribution is -0.134. The maximum Gasteiger partial charge on any atom is 0.330 e. The molecule has 1 fully saturated rings. The van der Waals surface area contributed by atoms with Crippen LogP contribution >= 0.6 is 0 Å². The number of aromatic nitrogens is 2. The van der Waals surface area contributed by atoms with Gasteiger partial charge in [-0.05, 0) is 31.8 Å². The zero-order valence-corrected chi connectivity index (χ0v) is 15.5. The van der Waals surface area contributed by atoms with Crippen LogP contribution in [0.4, 0.5) is 5.82 Å². The molecule has 26 heavy (non-hydrogen) atoms. The Morgan fingerprint density at radius 1 is 1.27 bits per heavy atom. The first-order valence-electron chi connectivity index (χ1n) is 9.18. The van der Waals surface area contributed by atoms with Crippen LogP contribution in [0.1, 0.15) is 51.1 Å². The first kappa shape index (κ1) is 19.9. The summed E-state index contributed by atoms with van der Waals surface area (Å²) in [5, 5.41) is 6.19. The Hall–Kier alpha value is -2.44. The van der Waals surface area contributed by atoms with E-state index in [2.05, 4.69) is 25.3 Å². The van der Waals surface area contributed by atoms with Crippen molar-refractivity contribution >= 4 is 23.8 Å². The van der Waals surface area contributed by atoms with Gasteiger partial charge in [-0.3, -0.25) is 9.78 Å². The molecule has 0 unspecified atom stereocenters. The van der Waals surface area contributed by atoms with E-state index in [1.54, 1.807) is 12.4 Å². The second-order valence-electron chi connectivity index (χ2n) is 6.74. The molecule has 1 aromatic rings. The number of anilines is 1. The molecule has 142 valence electrons. The van der Waals surface area contributed by atoms with E-state index in [1.165, 1.54) is 51.4 Å². The Morgan fingerprint density at radius 2 is 2.04 bits per heavy atom. The predicted octanol–water partition coefficient (Wildman–Crippen LogP) is 2.55. The number of carbonyl (C=O) groups is 2. The molecule has 7 nitrogen and oxygen atoms in total. The van der Waals surface area contributed by atoms with Crippen LogP contribution in [-0.2, 0) is 14.3 Å². The van der Waals surface area contributed by atoms with E-state index < -0.39 is 5.97 Å². The first-order valence-corrected chi connectivity index (χ1v) is 9.18. The molecule has 0 aromatic carbocycles. The summed E-state index contributed by atoms with van der Waals surface area (Å²) >= 11 is 0. The van der Waals surface area contributed by atoms with Gasteiger partial charge in [-0.25, -0.2) is 9.78 Å². The van der Waals surface area contributed by atoms with Gasteiger partial charge in [-0.1, -0.05) is 19.3 Å². The zero-order valence-electron chi connectivity index (χ0n) is 15.5. The van der Waals surface area contributed by atoms with Crippen molar-refractivity contribution in [3.05, 3.63) is 24.2 Å². The number of carbonyl (C=O) groups excluding carboxylic acids is 2. The third-order valence-corrected chi connectivity index (χ3v) is 4.46. The molecule has 1 heterocycles. The molecule has 0 bridgehead atoms. The summed E-state index contributed by atoms with van der Waals surface area (Å²) in [5.41, 5.74) is 0.564. The maximum atomic E-state index is 12.1. The zero-order chi connectivity index (χ0) is 18.8. The second kappa shape index (κ2) is 10.5. The Bertz CT molecular complexity index is 610. The average Bonchev–Trinajstić information content (AvgIpc) is 2.66. The third-order valence-electron chi connectivity index (χ3n) is 4.46. The summed E-state index contributed by atoms with van der Waals surface area (Å²) in [6, 6.07) is 0.0380. The fraction of sp³-hybridized carbons (Fsp3) is 0.579. The molecule has 0 radical (unpaired) electrons. The molecule has 1 aromatic heterocycles. The van der Waals surface area contributed by atoms with Crippen molar-refractivity contribution < 1.29 is 14.3 Å². The molecule has 2 N–H and O–H groups in total. The smallest absolute Gasteiger partial charge is 0.330 e. The number of hydrogen-bond acceptors (Lipinski definition) is 6. The molecule has 2 rings (SSSR count). The summed E-state index contributed by atoms with van der Waals surface area (Å²) in [6.45, 7) is 2.52. The highest BCUT2D eigenvalue weighted by Gasteiger charge is 2.17. The number of nitrogens with one attached hydrogen (secondary N) is 2. The van der Waals surface area contributed by atoms with E-state index in [0.29, 0.717) is 30.4 Å². The molecule has 1 atom stereocenters. The van der Waals surface area contributed by atoms with Gasteiger partial charge in [0, 0.05) is 25.1 Å². The van der Waals surface area contributed by atoms with Gasteiger partial charge in [0.25, 0.3) is 0 Å². The van der Waals surface area contributed by atoms with Crippen molar-refractivity contribution in [1.29, 1.82) is 0 Å². The van der Waals surface area contributed by atoms with Crippen LogP contribution in [0, 0.1) is 5.92 Å². The van der Waals surface area contributed by atoms with E-state index >= 15 is 0 Å². The van der Waals surface area contributed by atoms with Crippen LogP contribution in [0.25, 0.3) is 6.08 Å². The molecule has 0 spiro atoms. The number of ether oxygens (including phenoxy) is 1. The number of nitrogens with zero attached hydrogens (tertiary/aromatic N) is 2. The molecule has 1 aliphatic rings. The van der Waals surface area contributed by atoms with Crippen molar-refractivity contribution in [3.63, 3.8) is 0 Å². The maximum absolute atomic E-state index is 12.1. The van der Waals surface area contributed by atoms with Gasteiger partial charge in [-0.15, -0.1) is 0 Å².